The highest BCUT2D eigenvalue weighted by Gasteiger charge is 2.21. The molecule has 0 N–H and O–H groups in total. The molecule has 1 heterocycles. The molecule has 0 unspecified atom stereocenters. The van der Waals surface area contributed by atoms with Crippen molar-refractivity contribution in [3.63, 3.8) is 0 Å². The van der Waals surface area contributed by atoms with Crippen molar-refractivity contribution in [2.75, 3.05) is 0 Å². The van der Waals surface area contributed by atoms with E-state index in [-0.39, 0.29) is 7.14 Å². The van der Waals surface area contributed by atoms with E-state index in [1.807, 2.05) is 6.92 Å². The first kappa shape index (κ1) is 17.4. The van der Waals surface area contributed by atoms with Crippen molar-refractivity contribution in [1.29, 1.82) is 0 Å². The second-order valence-corrected chi connectivity index (χ2v) is 5.78. The van der Waals surface area contributed by atoms with E-state index in [2.05, 4.69) is 0 Å². The largest absolute Gasteiger partial charge is 0.619 e. The molecule has 8 heteroatoms. The van der Waals surface area contributed by atoms with Gasteiger partial charge in [-0.15, -0.1) is 0 Å². The molecule has 0 saturated carbocycles. The number of pyridine rings is 1. The molecule has 2 rings (SSSR count). The van der Waals surface area contributed by atoms with Crippen LogP contribution in [0.25, 0.3) is 0 Å². The predicted octanol–water partition coefficient (Wildman–Crippen LogP) is 4.08. The van der Waals surface area contributed by atoms with Gasteiger partial charge in [-0.05, 0) is 57.7 Å². The summed E-state index contributed by atoms with van der Waals surface area (Å²) in [6.45, 7) is 1.94. The van der Waals surface area contributed by atoms with Gasteiger partial charge in [0.1, 0.15) is 0 Å². The first-order chi connectivity index (χ1) is 9.25. The lowest BCUT2D eigenvalue weighted by atomic mass is 10.3. The topological polar surface area (TPSA) is 26.9 Å². The zero-order chi connectivity index (χ0) is 15.4. The summed E-state index contributed by atoms with van der Waals surface area (Å²) < 4.78 is 50.4. The van der Waals surface area contributed by atoms with Gasteiger partial charge in [-0.3, -0.25) is 0 Å². The minimum Gasteiger partial charge on any atom is -0.619 e. The number of nitrogens with zero attached hydrogens (tertiary/aromatic N) is 1. The van der Waals surface area contributed by atoms with E-state index in [0.29, 0.717) is 0 Å². The van der Waals surface area contributed by atoms with Crippen molar-refractivity contribution in [3.05, 3.63) is 65.7 Å². The molecule has 0 spiro atoms. The highest BCUT2D eigenvalue weighted by atomic mass is 127. The minimum absolute atomic E-state index is 0.246. The van der Waals surface area contributed by atoms with Crippen LogP contribution in [0.15, 0.2) is 24.5 Å². The van der Waals surface area contributed by atoms with Crippen molar-refractivity contribution in [1.82, 2.24) is 0 Å². The Balaban J connectivity index is 0.000000217. The van der Waals surface area contributed by atoms with Crippen molar-refractivity contribution in [2.24, 2.45) is 0 Å². The normalized spacial score (nSPS) is 9.95. The summed E-state index contributed by atoms with van der Waals surface area (Å²) in [5.41, 5.74) is 1.11. The van der Waals surface area contributed by atoms with Crippen molar-refractivity contribution in [2.45, 2.75) is 6.92 Å². The molecule has 0 aliphatic carbocycles. The third kappa shape index (κ3) is 4.17. The highest BCUT2D eigenvalue weighted by Crippen LogP contribution is 2.26. The van der Waals surface area contributed by atoms with Crippen LogP contribution in [0.1, 0.15) is 5.56 Å². The number of aryl methyl sites for hydroxylation is 1. The second kappa shape index (κ2) is 7.38. The fourth-order valence-corrected chi connectivity index (χ4v) is 2.01. The average Bonchev–Trinajstić information content (AvgIpc) is 2.45. The standard InChI is InChI=1S/C6F4I2.C6H7NO/c7-1-2(8)4(10)6(12)5(11)3(1)9;1-6-2-4-7(8)5-3-6/h;2-5H,1H3. The van der Waals surface area contributed by atoms with Crippen LogP contribution in [0.5, 0.6) is 0 Å². The van der Waals surface area contributed by atoms with E-state index < -0.39 is 23.3 Å². The van der Waals surface area contributed by atoms with Crippen LogP contribution < -0.4 is 4.73 Å². The fraction of sp³-hybridized carbons (Fsp3) is 0.0833. The number of halogens is 6. The summed E-state index contributed by atoms with van der Waals surface area (Å²) in [6.07, 6.45) is 2.96. The molecule has 0 radical (unpaired) electrons. The first-order valence-electron chi connectivity index (χ1n) is 5.08. The van der Waals surface area contributed by atoms with E-state index >= 15 is 0 Å². The molecule has 2 nitrogen and oxygen atoms in total. The van der Waals surface area contributed by atoms with Crippen molar-refractivity contribution >= 4 is 45.2 Å². The van der Waals surface area contributed by atoms with E-state index in [9.17, 15) is 22.8 Å². The van der Waals surface area contributed by atoms with Gasteiger partial charge >= 0.3 is 0 Å². The Morgan fingerprint density at radius 1 is 0.850 bits per heavy atom. The molecule has 2 aromatic rings. The molecule has 1 aromatic heterocycles. The van der Waals surface area contributed by atoms with Gasteiger partial charge in [0, 0.05) is 12.1 Å². The maximum atomic E-state index is 12.6. The Hall–Kier alpha value is -0.650. The Morgan fingerprint density at radius 2 is 1.20 bits per heavy atom. The Labute approximate surface area is 139 Å². The first-order valence-corrected chi connectivity index (χ1v) is 7.23. The van der Waals surface area contributed by atoms with Crippen LogP contribution in [0, 0.1) is 42.5 Å². The molecule has 0 atom stereocenters. The quantitative estimate of drug-likeness (QED) is 0.131. The minimum atomic E-state index is -1.77. The van der Waals surface area contributed by atoms with Crippen molar-refractivity contribution in [3.8, 4) is 0 Å². The Morgan fingerprint density at radius 3 is 1.50 bits per heavy atom. The molecule has 20 heavy (non-hydrogen) atoms. The van der Waals surface area contributed by atoms with Crippen LogP contribution in [0.2, 0.25) is 0 Å². The number of rotatable bonds is 0. The molecule has 0 aliphatic heterocycles. The lowest BCUT2D eigenvalue weighted by Crippen LogP contribution is -2.23. The van der Waals surface area contributed by atoms with E-state index in [0.717, 1.165) is 10.3 Å². The van der Waals surface area contributed by atoms with Crippen LogP contribution in [0.4, 0.5) is 17.6 Å². The monoisotopic (exact) mass is 511 g/mol. The van der Waals surface area contributed by atoms with Gasteiger partial charge in [-0.25, -0.2) is 17.6 Å². The molecular weight excluding hydrogens is 504 g/mol. The summed E-state index contributed by atoms with van der Waals surface area (Å²) in [5, 5.41) is 10.3. The van der Waals surface area contributed by atoms with Gasteiger partial charge in [0.05, 0.1) is 7.14 Å². The lowest BCUT2D eigenvalue weighted by Gasteiger charge is -2.02. The molecule has 108 valence electrons. The zero-order valence-corrected chi connectivity index (χ0v) is 14.2. The average molecular weight is 511 g/mol. The van der Waals surface area contributed by atoms with E-state index in [1.165, 1.54) is 57.6 Å². The zero-order valence-electron chi connectivity index (χ0n) is 9.93. The summed E-state index contributed by atoms with van der Waals surface area (Å²) in [7, 11) is 0. The molecule has 1 aromatic carbocycles. The fourth-order valence-electron chi connectivity index (χ4n) is 1.07. The van der Waals surface area contributed by atoms with Crippen LogP contribution >= 0.6 is 45.2 Å². The van der Waals surface area contributed by atoms with Gasteiger partial charge in [-0.2, -0.15) is 4.73 Å². The predicted molar refractivity (Wildman–Crippen MR) is 81.8 cm³/mol. The summed E-state index contributed by atoms with van der Waals surface area (Å²) in [6, 6.07) is 3.54. The highest BCUT2D eigenvalue weighted by molar-refractivity contribution is 14.1. The van der Waals surface area contributed by atoms with Crippen LogP contribution in [-0.4, -0.2) is 0 Å². The number of aromatic nitrogens is 1. The SMILES string of the molecule is Cc1cc[n+]([O-])cc1.Fc1c(F)c(F)c(I)c(I)c1F. The molecular formula is C12H7F4I2NO. The van der Waals surface area contributed by atoms with Gasteiger partial charge in [0.25, 0.3) is 0 Å². The summed E-state index contributed by atoms with van der Waals surface area (Å²) >= 11 is 2.82. The number of benzene rings is 1. The third-order valence-corrected chi connectivity index (χ3v) is 5.18. The molecule has 0 aliphatic rings. The van der Waals surface area contributed by atoms with Crippen LogP contribution in [-0.2, 0) is 0 Å². The number of hydrogen-bond donors (Lipinski definition) is 0. The summed E-state index contributed by atoms with van der Waals surface area (Å²) in [4.78, 5) is 0. The molecule has 0 saturated heterocycles. The second-order valence-electron chi connectivity index (χ2n) is 3.62. The van der Waals surface area contributed by atoms with Gasteiger partial charge in [0.2, 0.25) is 0 Å². The maximum Gasteiger partial charge on any atom is 0.198 e. The van der Waals surface area contributed by atoms with Gasteiger partial charge in [-0.1, -0.05) is 0 Å². The third-order valence-electron chi connectivity index (χ3n) is 2.12. The molecule has 0 bridgehead atoms. The lowest BCUT2D eigenvalue weighted by molar-refractivity contribution is -0.605. The van der Waals surface area contributed by atoms with Gasteiger partial charge in [0.15, 0.2) is 35.7 Å². The molecule has 0 amide bonds. The maximum absolute atomic E-state index is 12.6. The molecule has 0 fully saturated rings. The van der Waals surface area contributed by atoms with Crippen LogP contribution in [0.3, 0.4) is 0 Å². The van der Waals surface area contributed by atoms with Crippen molar-refractivity contribution < 1.29 is 22.3 Å². The smallest absolute Gasteiger partial charge is 0.198 e. The van der Waals surface area contributed by atoms with E-state index in [4.69, 9.17) is 0 Å². The Kier molecular flexibility index (Phi) is 6.43. The Bertz CT molecular complexity index is 494. The van der Waals surface area contributed by atoms with Gasteiger partial charge < -0.3 is 5.21 Å². The number of hydrogen-bond acceptors (Lipinski definition) is 1. The van der Waals surface area contributed by atoms with E-state index in [1.54, 1.807) is 12.1 Å². The summed E-state index contributed by atoms with van der Waals surface area (Å²) in [5.74, 6) is -6.23.